The number of nitriles is 1. The van der Waals surface area contributed by atoms with Gasteiger partial charge in [-0.05, 0) is 12.1 Å². The maximum atomic E-state index is 12.0. The SMILES string of the molecule is CC(=O)Nc1ccc(-c2nc(SCC3=CCC(=O)C(CCC(=O)O)=N3)nc(N)c2C#N)cc1. The number of ketones is 1. The largest absolute Gasteiger partial charge is 0.481 e. The molecule has 0 bridgehead atoms. The Labute approximate surface area is 193 Å². The number of carbonyl (C=O) groups is 3. The maximum Gasteiger partial charge on any atom is 0.303 e. The first kappa shape index (κ1) is 23.6. The van der Waals surface area contributed by atoms with Crippen LogP contribution < -0.4 is 11.1 Å². The number of hydrogen-bond donors (Lipinski definition) is 3. The van der Waals surface area contributed by atoms with Crippen molar-refractivity contribution < 1.29 is 19.5 Å². The summed E-state index contributed by atoms with van der Waals surface area (Å²) in [7, 11) is 0. The molecule has 1 aliphatic rings. The molecule has 0 saturated carbocycles. The van der Waals surface area contributed by atoms with E-state index in [0.29, 0.717) is 33.6 Å². The van der Waals surface area contributed by atoms with Gasteiger partial charge in [-0.3, -0.25) is 19.4 Å². The number of carboxylic acid groups (broad SMARTS) is 1. The number of rotatable bonds is 8. The minimum Gasteiger partial charge on any atom is -0.481 e. The van der Waals surface area contributed by atoms with Crippen LogP contribution in [0.25, 0.3) is 11.3 Å². The fraction of sp³-hybridized carbons (Fsp3) is 0.227. The number of nitrogens with two attached hydrogens (primary N) is 1. The van der Waals surface area contributed by atoms with Crippen LogP contribution in [-0.4, -0.2) is 44.2 Å². The van der Waals surface area contributed by atoms with Crippen LogP contribution in [-0.2, 0) is 14.4 Å². The first-order chi connectivity index (χ1) is 15.8. The summed E-state index contributed by atoms with van der Waals surface area (Å²) in [6, 6.07) is 8.86. The molecule has 4 N–H and O–H groups in total. The molecule has 2 heterocycles. The second-order valence-corrected chi connectivity index (χ2v) is 7.99. The summed E-state index contributed by atoms with van der Waals surface area (Å²) in [5.74, 6) is -0.993. The van der Waals surface area contributed by atoms with Crippen LogP contribution in [0.2, 0.25) is 0 Å². The van der Waals surface area contributed by atoms with Crippen LogP contribution >= 0.6 is 11.8 Å². The van der Waals surface area contributed by atoms with Crippen molar-refractivity contribution in [1.29, 1.82) is 5.26 Å². The number of carboxylic acids is 1. The number of aliphatic carboxylic acids is 1. The summed E-state index contributed by atoms with van der Waals surface area (Å²) in [5, 5.41) is 21.4. The molecule has 0 fully saturated rings. The first-order valence-corrected chi connectivity index (χ1v) is 10.9. The molecule has 2 aromatic rings. The first-order valence-electron chi connectivity index (χ1n) is 9.87. The van der Waals surface area contributed by atoms with Gasteiger partial charge in [0.05, 0.1) is 17.8 Å². The lowest BCUT2D eigenvalue weighted by Gasteiger charge is -2.12. The number of carbonyl (C=O) groups excluding carboxylic acids is 2. The fourth-order valence-electron chi connectivity index (χ4n) is 3.02. The smallest absolute Gasteiger partial charge is 0.303 e. The lowest BCUT2D eigenvalue weighted by Crippen LogP contribution is -2.18. The number of anilines is 2. The van der Waals surface area contributed by atoms with E-state index in [9.17, 15) is 19.6 Å². The molecule has 0 unspecified atom stereocenters. The van der Waals surface area contributed by atoms with Crippen LogP contribution in [0.3, 0.4) is 0 Å². The summed E-state index contributed by atoms with van der Waals surface area (Å²) in [6.07, 6.45) is 1.77. The van der Waals surface area contributed by atoms with Crippen LogP contribution in [0.4, 0.5) is 11.5 Å². The number of Topliss-reactive ketones (excluding diaryl/α,β-unsaturated/α-hetero) is 1. The number of amides is 1. The topological polar surface area (TPSA) is 171 Å². The third-order valence-electron chi connectivity index (χ3n) is 4.56. The van der Waals surface area contributed by atoms with Crippen molar-refractivity contribution in [2.45, 2.75) is 31.3 Å². The number of benzene rings is 1. The Balaban J connectivity index is 1.80. The quantitative estimate of drug-likeness (QED) is 0.392. The molecule has 0 spiro atoms. The normalized spacial score (nSPS) is 13.0. The third kappa shape index (κ3) is 6.24. The van der Waals surface area contributed by atoms with E-state index in [1.165, 1.54) is 18.7 Å². The van der Waals surface area contributed by atoms with Crippen LogP contribution in [0, 0.1) is 11.3 Å². The van der Waals surface area contributed by atoms with Gasteiger partial charge >= 0.3 is 5.97 Å². The van der Waals surface area contributed by atoms with Crippen LogP contribution in [0.5, 0.6) is 0 Å². The predicted octanol–water partition coefficient (Wildman–Crippen LogP) is 2.81. The average Bonchev–Trinajstić information content (AvgIpc) is 2.77. The molecule has 1 amide bonds. The summed E-state index contributed by atoms with van der Waals surface area (Å²) >= 11 is 1.24. The zero-order valence-corrected chi connectivity index (χ0v) is 18.5. The molecule has 0 atom stereocenters. The number of nitrogens with zero attached hydrogens (tertiary/aromatic N) is 4. The Hall–Kier alpha value is -4.04. The van der Waals surface area contributed by atoms with Gasteiger partial charge in [0.25, 0.3) is 0 Å². The van der Waals surface area contributed by atoms with Gasteiger partial charge in [0.15, 0.2) is 10.9 Å². The molecule has 3 rings (SSSR count). The minimum absolute atomic E-state index is 0.0365. The number of aliphatic imine (C=N–C) groups is 1. The van der Waals surface area contributed by atoms with Crippen molar-refractivity contribution in [3.63, 3.8) is 0 Å². The number of nitrogen functional groups attached to an aromatic ring is 1. The van der Waals surface area contributed by atoms with Crippen molar-refractivity contribution in [1.82, 2.24) is 9.97 Å². The maximum absolute atomic E-state index is 12.0. The second kappa shape index (κ2) is 10.5. The molecular formula is C22H20N6O4S. The van der Waals surface area contributed by atoms with E-state index in [4.69, 9.17) is 10.8 Å². The van der Waals surface area contributed by atoms with E-state index in [1.807, 2.05) is 6.07 Å². The van der Waals surface area contributed by atoms with Gasteiger partial charge in [-0.2, -0.15) is 5.26 Å². The molecule has 1 aromatic heterocycles. The fourth-order valence-corrected chi connectivity index (χ4v) is 3.79. The Morgan fingerprint density at radius 3 is 2.64 bits per heavy atom. The summed E-state index contributed by atoms with van der Waals surface area (Å²) in [4.78, 5) is 46.9. The summed E-state index contributed by atoms with van der Waals surface area (Å²) in [6.45, 7) is 1.41. The van der Waals surface area contributed by atoms with Crippen molar-refractivity contribution in [2.75, 3.05) is 16.8 Å². The zero-order valence-electron chi connectivity index (χ0n) is 17.7. The Kier molecular flexibility index (Phi) is 7.53. The van der Waals surface area contributed by atoms with E-state index in [1.54, 1.807) is 30.3 Å². The highest BCUT2D eigenvalue weighted by Gasteiger charge is 2.19. The molecule has 0 radical (unpaired) electrons. The van der Waals surface area contributed by atoms with E-state index in [-0.39, 0.29) is 48.0 Å². The average molecular weight is 465 g/mol. The van der Waals surface area contributed by atoms with Gasteiger partial charge in [0.2, 0.25) is 5.91 Å². The van der Waals surface area contributed by atoms with E-state index < -0.39 is 5.97 Å². The van der Waals surface area contributed by atoms with Gasteiger partial charge in [0, 0.05) is 42.5 Å². The predicted molar refractivity (Wildman–Crippen MR) is 124 cm³/mol. The standard InChI is InChI=1S/C22H20N6O4S/c1-12(29)25-14-4-2-13(3-5-14)20-16(10-23)21(24)28-22(27-20)33-11-15-6-8-18(30)17(26-15)7-9-19(31)32/h2-6H,7-9,11H2,1H3,(H,25,29)(H,31,32)(H2,24,27,28). The van der Waals surface area contributed by atoms with Gasteiger partial charge in [0.1, 0.15) is 17.5 Å². The van der Waals surface area contributed by atoms with Gasteiger partial charge < -0.3 is 16.2 Å². The van der Waals surface area contributed by atoms with Crippen LogP contribution in [0.15, 0.2) is 46.2 Å². The zero-order chi connectivity index (χ0) is 24.0. The minimum atomic E-state index is -0.991. The number of aromatic nitrogens is 2. The molecule has 33 heavy (non-hydrogen) atoms. The molecule has 168 valence electrons. The van der Waals surface area contributed by atoms with Gasteiger partial charge in [-0.25, -0.2) is 9.97 Å². The Morgan fingerprint density at radius 2 is 2.00 bits per heavy atom. The van der Waals surface area contributed by atoms with Crippen molar-refractivity contribution >= 4 is 46.6 Å². The highest BCUT2D eigenvalue weighted by molar-refractivity contribution is 7.99. The molecule has 0 aliphatic carbocycles. The van der Waals surface area contributed by atoms with E-state index in [2.05, 4.69) is 20.3 Å². The molecule has 0 saturated heterocycles. The Morgan fingerprint density at radius 1 is 1.27 bits per heavy atom. The number of nitrogens with one attached hydrogen (secondary N) is 1. The molecular weight excluding hydrogens is 444 g/mol. The summed E-state index contributed by atoms with van der Waals surface area (Å²) < 4.78 is 0. The molecule has 10 nitrogen and oxygen atoms in total. The van der Waals surface area contributed by atoms with Crippen LogP contribution in [0.1, 0.15) is 31.7 Å². The monoisotopic (exact) mass is 464 g/mol. The number of allylic oxidation sites excluding steroid dienone is 1. The van der Waals surface area contributed by atoms with Crippen molar-refractivity contribution in [3.05, 3.63) is 41.6 Å². The van der Waals surface area contributed by atoms with Gasteiger partial charge in [-0.1, -0.05) is 30.0 Å². The lowest BCUT2D eigenvalue weighted by atomic mass is 10.0. The summed E-state index contributed by atoms with van der Waals surface area (Å²) in [5.41, 5.74) is 8.60. The van der Waals surface area contributed by atoms with E-state index in [0.717, 1.165) is 0 Å². The van der Waals surface area contributed by atoms with Gasteiger partial charge in [-0.15, -0.1) is 0 Å². The lowest BCUT2D eigenvalue weighted by molar-refractivity contribution is -0.136. The highest BCUT2D eigenvalue weighted by atomic mass is 32.2. The number of hydrogen-bond acceptors (Lipinski definition) is 9. The second-order valence-electron chi connectivity index (χ2n) is 7.05. The third-order valence-corrected chi connectivity index (χ3v) is 5.44. The Bertz CT molecular complexity index is 1210. The van der Waals surface area contributed by atoms with E-state index >= 15 is 0 Å². The number of thioether (sulfide) groups is 1. The van der Waals surface area contributed by atoms with Crippen molar-refractivity contribution in [3.8, 4) is 17.3 Å². The molecule has 1 aliphatic heterocycles. The molecule has 11 heteroatoms. The van der Waals surface area contributed by atoms with Crippen molar-refractivity contribution in [2.24, 2.45) is 4.99 Å². The highest BCUT2D eigenvalue weighted by Crippen LogP contribution is 2.29. The molecule has 1 aromatic carbocycles.